The quantitative estimate of drug-likeness (QED) is 0.494. The van der Waals surface area contributed by atoms with Crippen molar-refractivity contribution in [2.24, 2.45) is 0 Å². The number of rotatable bonds is 4. The first-order chi connectivity index (χ1) is 13.5. The third kappa shape index (κ3) is 3.12. The molecule has 0 aromatic heterocycles. The van der Waals surface area contributed by atoms with Crippen LogP contribution in [0.2, 0.25) is 0 Å². The van der Waals surface area contributed by atoms with E-state index < -0.39 is 11.9 Å². The molecule has 4 nitrogen and oxygen atoms in total. The molecule has 0 saturated heterocycles. The standard InChI is InChI=1S/C24H16O4/c25-23(26)17-9-5-15(6-10-17)19-13-14-20(22-4-2-1-3-21(19)22)16-7-11-18(12-8-16)24(27)28/h1-14H,(H,25,26)(H,27,28). The molecule has 0 amide bonds. The van der Waals surface area contributed by atoms with Gasteiger partial charge in [-0.15, -0.1) is 0 Å². The third-order valence-corrected chi connectivity index (χ3v) is 4.81. The van der Waals surface area contributed by atoms with E-state index in [0.29, 0.717) is 0 Å². The predicted molar refractivity (Wildman–Crippen MR) is 109 cm³/mol. The largest absolute Gasteiger partial charge is 0.478 e. The Morgan fingerprint density at radius 1 is 0.500 bits per heavy atom. The van der Waals surface area contributed by atoms with Gasteiger partial charge in [0.1, 0.15) is 0 Å². The minimum absolute atomic E-state index is 0.253. The van der Waals surface area contributed by atoms with E-state index in [-0.39, 0.29) is 11.1 Å². The maximum atomic E-state index is 11.1. The number of hydrogen-bond acceptors (Lipinski definition) is 2. The van der Waals surface area contributed by atoms with Crippen LogP contribution >= 0.6 is 0 Å². The second-order valence-electron chi connectivity index (χ2n) is 6.47. The van der Waals surface area contributed by atoms with Crippen molar-refractivity contribution in [2.75, 3.05) is 0 Å². The van der Waals surface area contributed by atoms with Gasteiger partial charge in [0.2, 0.25) is 0 Å². The number of carbonyl (C=O) groups is 2. The molecule has 4 aromatic rings. The van der Waals surface area contributed by atoms with Crippen LogP contribution < -0.4 is 0 Å². The molecule has 0 saturated carbocycles. The van der Waals surface area contributed by atoms with Crippen LogP contribution in [0.1, 0.15) is 20.7 Å². The van der Waals surface area contributed by atoms with Crippen LogP contribution in [-0.2, 0) is 0 Å². The number of benzene rings is 4. The van der Waals surface area contributed by atoms with E-state index in [0.717, 1.165) is 33.0 Å². The highest BCUT2D eigenvalue weighted by Crippen LogP contribution is 2.35. The molecule has 28 heavy (non-hydrogen) atoms. The number of hydrogen-bond donors (Lipinski definition) is 2. The van der Waals surface area contributed by atoms with E-state index in [1.165, 1.54) is 0 Å². The van der Waals surface area contributed by atoms with E-state index in [2.05, 4.69) is 0 Å². The molecule has 0 fully saturated rings. The van der Waals surface area contributed by atoms with Crippen molar-refractivity contribution in [3.8, 4) is 22.3 Å². The fourth-order valence-corrected chi connectivity index (χ4v) is 3.39. The fraction of sp³-hybridized carbons (Fsp3) is 0. The molecule has 4 heteroatoms. The van der Waals surface area contributed by atoms with Gasteiger partial charge in [-0.3, -0.25) is 0 Å². The molecule has 0 aliphatic carbocycles. The molecular weight excluding hydrogens is 352 g/mol. The summed E-state index contributed by atoms with van der Waals surface area (Å²) in [5.41, 5.74) is 4.41. The summed E-state index contributed by atoms with van der Waals surface area (Å²) in [6.45, 7) is 0. The van der Waals surface area contributed by atoms with Gasteiger partial charge in [0.25, 0.3) is 0 Å². The van der Waals surface area contributed by atoms with Gasteiger partial charge in [0.05, 0.1) is 11.1 Å². The summed E-state index contributed by atoms with van der Waals surface area (Å²) in [4.78, 5) is 22.2. The Kier molecular flexibility index (Phi) is 4.38. The lowest BCUT2D eigenvalue weighted by Crippen LogP contribution is -1.95. The van der Waals surface area contributed by atoms with Crippen molar-refractivity contribution in [1.82, 2.24) is 0 Å². The Balaban J connectivity index is 1.85. The average molecular weight is 368 g/mol. The molecular formula is C24H16O4. The zero-order valence-electron chi connectivity index (χ0n) is 14.8. The van der Waals surface area contributed by atoms with E-state index in [4.69, 9.17) is 10.2 Å². The van der Waals surface area contributed by atoms with Crippen LogP contribution in [-0.4, -0.2) is 22.2 Å². The van der Waals surface area contributed by atoms with Gasteiger partial charge in [-0.2, -0.15) is 0 Å². The van der Waals surface area contributed by atoms with E-state index >= 15 is 0 Å². The van der Waals surface area contributed by atoms with Crippen molar-refractivity contribution in [1.29, 1.82) is 0 Å². The maximum Gasteiger partial charge on any atom is 0.335 e. The van der Waals surface area contributed by atoms with Crippen LogP contribution in [0.25, 0.3) is 33.0 Å². The minimum atomic E-state index is -0.948. The summed E-state index contributed by atoms with van der Waals surface area (Å²) in [7, 11) is 0. The second kappa shape index (κ2) is 7.00. The van der Waals surface area contributed by atoms with Crippen LogP contribution in [0.3, 0.4) is 0 Å². The Morgan fingerprint density at radius 2 is 0.857 bits per heavy atom. The van der Waals surface area contributed by atoms with Gasteiger partial charge < -0.3 is 10.2 Å². The zero-order valence-corrected chi connectivity index (χ0v) is 14.8. The highest BCUT2D eigenvalue weighted by molar-refractivity contribution is 6.05. The van der Waals surface area contributed by atoms with Crippen LogP contribution in [0.15, 0.2) is 84.9 Å². The Hall–Kier alpha value is -3.92. The Bertz CT molecular complexity index is 1090. The molecule has 0 spiro atoms. The van der Waals surface area contributed by atoms with Crippen molar-refractivity contribution in [2.45, 2.75) is 0 Å². The molecule has 0 aliphatic rings. The van der Waals surface area contributed by atoms with Gasteiger partial charge in [0.15, 0.2) is 0 Å². The number of carboxylic acids is 2. The molecule has 4 rings (SSSR count). The topological polar surface area (TPSA) is 74.6 Å². The summed E-state index contributed by atoms with van der Waals surface area (Å²) >= 11 is 0. The van der Waals surface area contributed by atoms with Crippen LogP contribution in [0, 0.1) is 0 Å². The summed E-state index contributed by atoms with van der Waals surface area (Å²) < 4.78 is 0. The second-order valence-corrected chi connectivity index (χ2v) is 6.47. The monoisotopic (exact) mass is 368 g/mol. The SMILES string of the molecule is O=C(O)c1ccc(-c2ccc(-c3ccc(C(=O)O)cc3)c3ccccc23)cc1. The summed E-state index contributed by atoms with van der Waals surface area (Å²) in [6.07, 6.45) is 0. The fourth-order valence-electron chi connectivity index (χ4n) is 3.39. The lowest BCUT2D eigenvalue weighted by atomic mass is 9.91. The van der Waals surface area contributed by atoms with Gasteiger partial charge in [0, 0.05) is 0 Å². The normalized spacial score (nSPS) is 10.7. The van der Waals surface area contributed by atoms with Crippen molar-refractivity contribution in [3.05, 3.63) is 96.1 Å². The number of fused-ring (bicyclic) bond motifs is 1. The van der Waals surface area contributed by atoms with Crippen LogP contribution in [0.5, 0.6) is 0 Å². The van der Waals surface area contributed by atoms with Gasteiger partial charge in [-0.25, -0.2) is 9.59 Å². The summed E-state index contributed by atoms with van der Waals surface area (Å²) in [6, 6.07) is 25.7. The molecule has 0 aliphatic heterocycles. The highest BCUT2D eigenvalue weighted by Gasteiger charge is 2.11. The molecule has 0 unspecified atom stereocenters. The Morgan fingerprint density at radius 3 is 1.18 bits per heavy atom. The number of carboxylic acid groups (broad SMARTS) is 2. The number of aromatic carboxylic acids is 2. The first kappa shape index (κ1) is 17.5. The smallest absolute Gasteiger partial charge is 0.335 e. The minimum Gasteiger partial charge on any atom is -0.478 e. The zero-order chi connectivity index (χ0) is 19.7. The molecule has 0 heterocycles. The molecule has 136 valence electrons. The lowest BCUT2D eigenvalue weighted by Gasteiger charge is -2.12. The van der Waals surface area contributed by atoms with Gasteiger partial charge in [-0.1, -0.05) is 60.7 Å². The van der Waals surface area contributed by atoms with E-state index in [1.54, 1.807) is 24.3 Å². The summed E-state index contributed by atoms with van der Waals surface area (Å²) in [5.74, 6) is -1.90. The summed E-state index contributed by atoms with van der Waals surface area (Å²) in [5, 5.41) is 20.3. The van der Waals surface area contributed by atoms with E-state index in [9.17, 15) is 9.59 Å². The van der Waals surface area contributed by atoms with Crippen molar-refractivity contribution >= 4 is 22.7 Å². The molecule has 0 bridgehead atoms. The van der Waals surface area contributed by atoms with Crippen molar-refractivity contribution < 1.29 is 19.8 Å². The molecule has 0 atom stereocenters. The lowest BCUT2D eigenvalue weighted by molar-refractivity contribution is 0.0686. The highest BCUT2D eigenvalue weighted by atomic mass is 16.4. The molecule has 0 radical (unpaired) electrons. The average Bonchev–Trinajstić information content (AvgIpc) is 2.73. The predicted octanol–water partition coefficient (Wildman–Crippen LogP) is 5.57. The first-order valence-corrected chi connectivity index (χ1v) is 8.74. The van der Waals surface area contributed by atoms with Gasteiger partial charge >= 0.3 is 11.9 Å². The van der Waals surface area contributed by atoms with E-state index in [1.807, 2.05) is 60.7 Å². The van der Waals surface area contributed by atoms with Crippen molar-refractivity contribution in [3.63, 3.8) is 0 Å². The Labute approximate surface area is 161 Å². The van der Waals surface area contributed by atoms with Crippen LogP contribution in [0.4, 0.5) is 0 Å². The first-order valence-electron chi connectivity index (χ1n) is 8.74. The van der Waals surface area contributed by atoms with Gasteiger partial charge in [-0.05, 0) is 57.3 Å². The molecule has 4 aromatic carbocycles. The third-order valence-electron chi connectivity index (χ3n) is 4.81. The molecule has 2 N–H and O–H groups in total. The maximum absolute atomic E-state index is 11.1.